The van der Waals surface area contributed by atoms with Gasteiger partial charge in [-0.05, 0) is 35.4 Å². The Kier molecular flexibility index (Phi) is 4.02. The molecule has 0 fully saturated rings. The predicted molar refractivity (Wildman–Crippen MR) is 85.2 cm³/mol. The zero-order chi connectivity index (χ0) is 16.4. The van der Waals surface area contributed by atoms with E-state index in [1.54, 1.807) is 12.1 Å². The van der Waals surface area contributed by atoms with Crippen LogP contribution in [0, 0.1) is 0 Å². The van der Waals surface area contributed by atoms with Crippen LogP contribution in [0.3, 0.4) is 0 Å². The lowest BCUT2D eigenvalue weighted by molar-refractivity contribution is -0.142. The van der Waals surface area contributed by atoms with Crippen molar-refractivity contribution in [1.29, 1.82) is 0 Å². The number of hydrogen-bond donors (Lipinski definition) is 0. The molecule has 0 amide bonds. The molecule has 1 aliphatic rings. The summed E-state index contributed by atoms with van der Waals surface area (Å²) in [6.07, 6.45) is 0. The number of methoxy groups -OCH3 is 2. The first-order valence-electron chi connectivity index (χ1n) is 7.26. The lowest BCUT2D eigenvalue weighted by Crippen LogP contribution is -2.29. The van der Waals surface area contributed by atoms with Crippen LogP contribution < -0.4 is 4.90 Å². The quantitative estimate of drug-likeness (QED) is 0.816. The molecular weight excluding hydrogens is 294 g/mol. The second-order valence-electron chi connectivity index (χ2n) is 5.29. The minimum atomic E-state index is -0.472. The smallest absolute Gasteiger partial charge is 0.337 e. The van der Waals surface area contributed by atoms with Crippen LogP contribution in [-0.4, -0.2) is 26.2 Å². The number of hydrogen-bond acceptors (Lipinski definition) is 5. The van der Waals surface area contributed by atoms with E-state index < -0.39 is 6.04 Å². The number of anilines is 1. The summed E-state index contributed by atoms with van der Waals surface area (Å²) in [5.41, 5.74) is 3.38. The molecule has 23 heavy (non-hydrogen) atoms. The van der Waals surface area contributed by atoms with E-state index in [0.717, 1.165) is 16.8 Å². The molecule has 0 spiro atoms. The molecular formula is C18H17NO4. The van der Waals surface area contributed by atoms with Gasteiger partial charge in [-0.25, -0.2) is 9.59 Å². The van der Waals surface area contributed by atoms with Crippen LogP contribution in [0.5, 0.6) is 0 Å². The largest absolute Gasteiger partial charge is 0.467 e. The van der Waals surface area contributed by atoms with E-state index in [-0.39, 0.29) is 11.9 Å². The Bertz CT molecular complexity index is 739. The van der Waals surface area contributed by atoms with Crippen LogP contribution in [-0.2, 0) is 20.8 Å². The second kappa shape index (κ2) is 6.12. The third-order valence-electron chi connectivity index (χ3n) is 4.05. The number of nitrogens with zero attached hydrogens (tertiary/aromatic N) is 1. The highest BCUT2D eigenvalue weighted by Gasteiger charge is 2.36. The summed E-state index contributed by atoms with van der Waals surface area (Å²) in [6, 6.07) is 14.4. The average Bonchev–Trinajstić information content (AvgIpc) is 3.00. The van der Waals surface area contributed by atoms with Gasteiger partial charge in [-0.2, -0.15) is 0 Å². The minimum absolute atomic E-state index is 0.299. The standard InChI is InChI=1S/C18H17NO4/c1-22-17(20)12-7-9-14(10-8-12)19-11-13-5-3-4-6-15(13)16(19)18(21)23-2/h3-10,16H,11H2,1-2H3. The van der Waals surface area contributed by atoms with Gasteiger partial charge in [0.2, 0.25) is 0 Å². The predicted octanol–water partition coefficient (Wildman–Crippen LogP) is 2.71. The summed E-state index contributed by atoms with van der Waals surface area (Å²) in [5.74, 6) is -0.683. The minimum Gasteiger partial charge on any atom is -0.467 e. The highest BCUT2D eigenvalue weighted by molar-refractivity contribution is 5.90. The topological polar surface area (TPSA) is 55.8 Å². The first-order chi connectivity index (χ1) is 11.2. The lowest BCUT2D eigenvalue weighted by atomic mass is 10.1. The molecule has 5 nitrogen and oxygen atoms in total. The Hall–Kier alpha value is -2.82. The molecule has 0 radical (unpaired) electrons. The normalized spacial score (nSPS) is 15.9. The monoisotopic (exact) mass is 311 g/mol. The molecule has 1 unspecified atom stereocenters. The van der Waals surface area contributed by atoms with Crippen molar-refractivity contribution < 1.29 is 19.1 Å². The van der Waals surface area contributed by atoms with Crippen molar-refractivity contribution in [3.63, 3.8) is 0 Å². The fourth-order valence-electron chi connectivity index (χ4n) is 2.90. The first kappa shape index (κ1) is 15.1. The van der Waals surface area contributed by atoms with Crippen LogP contribution in [0.25, 0.3) is 0 Å². The zero-order valence-corrected chi connectivity index (χ0v) is 13.0. The lowest BCUT2D eigenvalue weighted by Gasteiger charge is -2.25. The van der Waals surface area contributed by atoms with Gasteiger partial charge in [0.25, 0.3) is 0 Å². The number of fused-ring (bicyclic) bond motifs is 1. The van der Waals surface area contributed by atoms with Gasteiger partial charge in [0.05, 0.1) is 19.8 Å². The van der Waals surface area contributed by atoms with Crippen LogP contribution in [0.1, 0.15) is 27.5 Å². The molecule has 0 saturated carbocycles. The molecule has 5 heteroatoms. The number of carbonyl (C=O) groups is 2. The van der Waals surface area contributed by atoms with E-state index in [9.17, 15) is 9.59 Å². The SMILES string of the molecule is COC(=O)c1ccc(N2Cc3ccccc3C2C(=O)OC)cc1. The van der Waals surface area contributed by atoms with Crippen molar-refractivity contribution in [2.45, 2.75) is 12.6 Å². The maximum atomic E-state index is 12.2. The summed E-state index contributed by atoms with van der Waals surface area (Å²) in [4.78, 5) is 25.7. The van der Waals surface area contributed by atoms with E-state index in [1.165, 1.54) is 14.2 Å². The Labute approximate surface area is 134 Å². The van der Waals surface area contributed by atoms with Crippen LogP contribution in [0.15, 0.2) is 48.5 Å². The molecule has 1 aliphatic heterocycles. The molecule has 3 rings (SSSR count). The van der Waals surface area contributed by atoms with Crippen LogP contribution in [0.4, 0.5) is 5.69 Å². The van der Waals surface area contributed by atoms with Gasteiger partial charge in [-0.15, -0.1) is 0 Å². The van der Waals surface area contributed by atoms with Gasteiger partial charge in [0.15, 0.2) is 6.04 Å². The second-order valence-corrected chi connectivity index (χ2v) is 5.29. The summed E-state index contributed by atoms with van der Waals surface area (Å²) >= 11 is 0. The molecule has 0 N–H and O–H groups in total. The van der Waals surface area contributed by atoms with E-state index in [4.69, 9.17) is 9.47 Å². The molecule has 0 saturated heterocycles. The Balaban J connectivity index is 1.96. The van der Waals surface area contributed by atoms with Gasteiger partial charge in [-0.1, -0.05) is 24.3 Å². The van der Waals surface area contributed by atoms with E-state index >= 15 is 0 Å². The summed E-state index contributed by atoms with van der Waals surface area (Å²) in [5, 5.41) is 0. The van der Waals surface area contributed by atoms with Gasteiger partial charge in [-0.3, -0.25) is 0 Å². The number of ether oxygens (including phenoxy) is 2. The number of rotatable bonds is 3. The zero-order valence-electron chi connectivity index (χ0n) is 13.0. The van der Waals surface area contributed by atoms with Crippen molar-refractivity contribution in [1.82, 2.24) is 0 Å². The van der Waals surface area contributed by atoms with Crippen molar-refractivity contribution in [3.8, 4) is 0 Å². The van der Waals surface area contributed by atoms with Crippen molar-refractivity contribution in [3.05, 3.63) is 65.2 Å². The molecule has 0 aromatic heterocycles. The maximum absolute atomic E-state index is 12.2. The Morgan fingerprint density at radius 1 is 1.00 bits per heavy atom. The fraction of sp³-hybridized carbons (Fsp3) is 0.222. The summed E-state index contributed by atoms with van der Waals surface area (Å²) in [7, 11) is 2.74. The number of carbonyl (C=O) groups excluding carboxylic acids is 2. The van der Waals surface area contributed by atoms with Crippen molar-refractivity contribution >= 4 is 17.6 Å². The Morgan fingerprint density at radius 2 is 1.70 bits per heavy atom. The molecule has 118 valence electrons. The molecule has 0 bridgehead atoms. The summed E-state index contributed by atoms with van der Waals surface area (Å²) < 4.78 is 9.67. The van der Waals surface area contributed by atoms with Crippen molar-refractivity contribution in [2.24, 2.45) is 0 Å². The third kappa shape index (κ3) is 2.65. The summed E-state index contributed by atoms with van der Waals surface area (Å²) in [6.45, 7) is 0.619. The van der Waals surface area contributed by atoms with Crippen LogP contribution >= 0.6 is 0 Å². The highest BCUT2D eigenvalue weighted by Crippen LogP contribution is 2.38. The molecule has 0 aliphatic carbocycles. The van der Waals surface area contributed by atoms with E-state index in [0.29, 0.717) is 12.1 Å². The fourth-order valence-corrected chi connectivity index (χ4v) is 2.90. The molecule has 1 heterocycles. The molecule has 2 aromatic carbocycles. The first-order valence-corrected chi connectivity index (χ1v) is 7.26. The number of esters is 2. The van der Waals surface area contributed by atoms with Gasteiger partial charge < -0.3 is 14.4 Å². The van der Waals surface area contributed by atoms with Gasteiger partial charge in [0, 0.05) is 12.2 Å². The molecule has 2 aromatic rings. The highest BCUT2D eigenvalue weighted by atomic mass is 16.5. The maximum Gasteiger partial charge on any atom is 0.337 e. The Morgan fingerprint density at radius 3 is 2.35 bits per heavy atom. The third-order valence-corrected chi connectivity index (χ3v) is 4.05. The number of benzene rings is 2. The van der Waals surface area contributed by atoms with Gasteiger partial charge >= 0.3 is 11.9 Å². The average molecular weight is 311 g/mol. The van der Waals surface area contributed by atoms with E-state index in [2.05, 4.69) is 0 Å². The van der Waals surface area contributed by atoms with Crippen LogP contribution in [0.2, 0.25) is 0 Å². The van der Waals surface area contributed by atoms with E-state index in [1.807, 2.05) is 41.3 Å². The van der Waals surface area contributed by atoms with Crippen molar-refractivity contribution in [2.75, 3.05) is 19.1 Å². The molecule has 1 atom stereocenters. The van der Waals surface area contributed by atoms with Gasteiger partial charge in [0.1, 0.15) is 0 Å².